The van der Waals surface area contributed by atoms with Gasteiger partial charge in [0.05, 0.1) is 0 Å². The van der Waals surface area contributed by atoms with Gasteiger partial charge in [-0.2, -0.15) is 5.10 Å². The van der Waals surface area contributed by atoms with Crippen molar-refractivity contribution in [3.63, 3.8) is 0 Å². The Morgan fingerprint density at radius 3 is 2.75 bits per heavy atom. The summed E-state index contributed by atoms with van der Waals surface area (Å²) in [6.45, 7) is 6.12. The van der Waals surface area contributed by atoms with Gasteiger partial charge in [0.1, 0.15) is 5.69 Å². The summed E-state index contributed by atoms with van der Waals surface area (Å²) in [4.78, 5) is 15.6. The van der Waals surface area contributed by atoms with Gasteiger partial charge in [0, 0.05) is 11.9 Å². The monoisotopic (exact) mass is 219 g/mol. The van der Waals surface area contributed by atoms with Crippen LogP contribution in [-0.2, 0) is 0 Å². The summed E-state index contributed by atoms with van der Waals surface area (Å²) in [5, 5.41) is 4.10. The van der Waals surface area contributed by atoms with Crippen LogP contribution in [0.1, 0.15) is 37.7 Å². The molecule has 0 atom stereocenters. The maximum Gasteiger partial charge on any atom is 0.289 e. The van der Waals surface area contributed by atoms with E-state index < -0.39 is 0 Å². The van der Waals surface area contributed by atoms with Crippen molar-refractivity contribution in [1.82, 2.24) is 10.4 Å². The highest BCUT2D eigenvalue weighted by atomic mass is 16.2. The minimum absolute atomic E-state index is 0.271. The Kier molecular flexibility index (Phi) is 4.64. The Morgan fingerprint density at radius 1 is 1.50 bits per heavy atom. The molecule has 0 spiro atoms. The van der Waals surface area contributed by atoms with E-state index in [1.807, 2.05) is 6.92 Å². The molecule has 0 fully saturated rings. The topological polar surface area (TPSA) is 54.4 Å². The first kappa shape index (κ1) is 12.4. The highest BCUT2D eigenvalue weighted by Gasteiger charge is 2.06. The molecular weight excluding hydrogens is 202 g/mol. The SMILES string of the molecule is CC/C(=N/NC(=O)c1ccccn1)C(C)C. The van der Waals surface area contributed by atoms with Gasteiger partial charge in [0.2, 0.25) is 0 Å². The normalized spacial score (nSPS) is 11.6. The number of hydrogen-bond donors (Lipinski definition) is 1. The Hall–Kier alpha value is -1.71. The molecular formula is C12H17N3O. The summed E-state index contributed by atoms with van der Waals surface area (Å²) in [6.07, 6.45) is 2.42. The smallest absolute Gasteiger partial charge is 0.266 e. The van der Waals surface area contributed by atoms with E-state index in [0.29, 0.717) is 11.6 Å². The zero-order valence-corrected chi connectivity index (χ0v) is 9.90. The summed E-state index contributed by atoms with van der Waals surface area (Å²) >= 11 is 0. The van der Waals surface area contributed by atoms with E-state index in [-0.39, 0.29) is 5.91 Å². The average Bonchev–Trinajstić information content (AvgIpc) is 2.30. The highest BCUT2D eigenvalue weighted by Crippen LogP contribution is 2.00. The molecule has 0 saturated carbocycles. The van der Waals surface area contributed by atoms with Crippen LogP contribution in [0.3, 0.4) is 0 Å². The lowest BCUT2D eigenvalue weighted by Crippen LogP contribution is -2.22. The number of carbonyl (C=O) groups is 1. The van der Waals surface area contributed by atoms with E-state index in [4.69, 9.17) is 0 Å². The summed E-state index contributed by atoms with van der Waals surface area (Å²) in [5.41, 5.74) is 3.87. The van der Waals surface area contributed by atoms with Gasteiger partial charge in [-0.1, -0.05) is 26.8 Å². The van der Waals surface area contributed by atoms with Crippen LogP contribution in [-0.4, -0.2) is 16.6 Å². The van der Waals surface area contributed by atoms with E-state index in [2.05, 4.69) is 29.4 Å². The molecule has 0 saturated heterocycles. The first-order valence-electron chi connectivity index (χ1n) is 5.43. The zero-order chi connectivity index (χ0) is 12.0. The Labute approximate surface area is 95.8 Å². The van der Waals surface area contributed by atoms with Crippen molar-refractivity contribution >= 4 is 11.6 Å². The Morgan fingerprint density at radius 2 is 2.25 bits per heavy atom. The number of amides is 1. The van der Waals surface area contributed by atoms with Gasteiger partial charge in [0.25, 0.3) is 5.91 Å². The van der Waals surface area contributed by atoms with Crippen molar-refractivity contribution in [3.05, 3.63) is 30.1 Å². The lowest BCUT2D eigenvalue weighted by molar-refractivity contribution is 0.0949. The number of aromatic nitrogens is 1. The molecule has 1 aromatic heterocycles. The molecule has 1 heterocycles. The fraction of sp³-hybridized carbons (Fsp3) is 0.417. The first-order valence-corrected chi connectivity index (χ1v) is 5.43. The van der Waals surface area contributed by atoms with Gasteiger partial charge in [-0.25, -0.2) is 5.43 Å². The molecule has 0 aliphatic heterocycles. The number of nitrogens with zero attached hydrogens (tertiary/aromatic N) is 2. The largest absolute Gasteiger partial charge is 0.289 e. The lowest BCUT2D eigenvalue weighted by atomic mass is 10.1. The van der Waals surface area contributed by atoms with E-state index in [0.717, 1.165) is 12.1 Å². The van der Waals surface area contributed by atoms with Gasteiger partial charge < -0.3 is 0 Å². The van der Waals surface area contributed by atoms with E-state index >= 15 is 0 Å². The van der Waals surface area contributed by atoms with Gasteiger partial charge in [-0.15, -0.1) is 0 Å². The minimum Gasteiger partial charge on any atom is -0.266 e. The second-order valence-corrected chi connectivity index (χ2v) is 3.77. The molecule has 1 N–H and O–H groups in total. The molecule has 0 bridgehead atoms. The molecule has 0 radical (unpaired) electrons. The van der Waals surface area contributed by atoms with Crippen LogP contribution in [0, 0.1) is 5.92 Å². The molecule has 0 unspecified atom stereocenters. The lowest BCUT2D eigenvalue weighted by Gasteiger charge is -2.07. The van der Waals surface area contributed by atoms with E-state index in [9.17, 15) is 4.79 Å². The predicted molar refractivity (Wildman–Crippen MR) is 64.3 cm³/mol. The third-order valence-electron chi connectivity index (χ3n) is 2.23. The molecule has 1 rings (SSSR count). The molecule has 86 valence electrons. The molecule has 4 heteroatoms. The minimum atomic E-state index is -0.271. The molecule has 4 nitrogen and oxygen atoms in total. The number of hydrogen-bond acceptors (Lipinski definition) is 3. The van der Waals surface area contributed by atoms with Crippen molar-refractivity contribution in [2.75, 3.05) is 0 Å². The van der Waals surface area contributed by atoms with Crippen LogP contribution in [0.4, 0.5) is 0 Å². The second-order valence-electron chi connectivity index (χ2n) is 3.77. The van der Waals surface area contributed by atoms with Crippen molar-refractivity contribution in [2.24, 2.45) is 11.0 Å². The van der Waals surface area contributed by atoms with Crippen molar-refractivity contribution in [3.8, 4) is 0 Å². The Balaban J connectivity index is 2.66. The maximum absolute atomic E-state index is 11.6. The first-order chi connectivity index (χ1) is 7.65. The van der Waals surface area contributed by atoms with Crippen LogP contribution in [0.25, 0.3) is 0 Å². The summed E-state index contributed by atoms with van der Waals surface area (Å²) < 4.78 is 0. The number of carbonyl (C=O) groups excluding carboxylic acids is 1. The average molecular weight is 219 g/mol. The molecule has 16 heavy (non-hydrogen) atoms. The third kappa shape index (κ3) is 3.46. The predicted octanol–water partition coefficient (Wildman–Crippen LogP) is 2.23. The van der Waals surface area contributed by atoms with Gasteiger partial charge >= 0.3 is 0 Å². The maximum atomic E-state index is 11.6. The summed E-state index contributed by atoms with van der Waals surface area (Å²) in [7, 11) is 0. The quantitative estimate of drug-likeness (QED) is 0.623. The molecule has 0 aromatic carbocycles. The standard InChI is InChI=1S/C12H17N3O/c1-4-10(9(2)3)14-15-12(16)11-7-5-6-8-13-11/h5-9H,4H2,1-3H3,(H,15,16)/b14-10-. The zero-order valence-electron chi connectivity index (χ0n) is 9.90. The number of nitrogens with one attached hydrogen (secondary N) is 1. The van der Waals surface area contributed by atoms with E-state index in [1.54, 1.807) is 24.4 Å². The molecule has 0 aliphatic rings. The van der Waals surface area contributed by atoms with Gasteiger partial charge in [-0.3, -0.25) is 9.78 Å². The fourth-order valence-corrected chi connectivity index (χ4v) is 1.29. The van der Waals surface area contributed by atoms with E-state index in [1.165, 1.54) is 0 Å². The fourth-order valence-electron chi connectivity index (χ4n) is 1.29. The third-order valence-corrected chi connectivity index (χ3v) is 2.23. The molecule has 0 aliphatic carbocycles. The van der Waals surface area contributed by atoms with Crippen molar-refractivity contribution in [1.29, 1.82) is 0 Å². The van der Waals surface area contributed by atoms with Crippen molar-refractivity contribution in [2.45, 2.75) is 27.2 Å². The van der Waals surface area contributed by atoms with Crippen LogP contribution in [0.15, 0.2) is 29.5 Å². The Bertz CT molecular complexity index is 371. The van der Waals surface area contributed by atoms with Crippen LogP contribution in [0.2, 0.25) is 0 Å². The number of rotatable bonds is 4. The van der Waals surface area contributed by atoms with Crippen molar-refractivity contribution < 1.29 is 4.79 Å². The molecule has 1 aromatic rings. The molecule has 1 amide bonds. The summed E-state index contributed by atoms with van der Waals surface area (Å²) in [6, 6.07) is 5.20. The number of hydrazone groups is 1. The van der Waals surface area contributed by atoms with Gasteiger partial charge in [-0.05, 0) is 24.5 Å². The highest BCUT2D eigenvalue weighted by molar-refractivity contribution is 5.94. The summed E-state index contributed by atoms with van der Waals surface area (Å²) in [5.74, 6) is 0.0706. The van der Waals surface area contributed by atoms with Crippen LogP contribution >= 0.6 is 0 Å². The van der Waals surface area contributed by atoms with Crippen LogP contribution < -0.4 is 5.43 Å². The van der Waals surface area contributed by atoms with Gasteiger partial charge in [0.15, 0.2) is 0 Å². The second kappa shape index (κ2) is 6.00. The van der Waals surface area contributed by atoms with Crippen LogP contribution in [0.5, 0.6) is 0 Å². The number of pyridine rings is 1.